The Hall–Kier alpha value is -2.87. The third-order valence-corrected chi connectivity index (χ3v) is 6.61. The fraction of sp³-hybridized carbons (Fsp3) is 0.542. The highest BCUT2D eigenvalue weighted by molar-refractivity contribution is 5.89. The lowest BCUT2D eigenvalue weighted by molar-refractivity contribution is -0.140. The molecule has 5 unspecified atom stereocenters. The Morgan fingerprint density at radius 1 is 1.22 bits per heavy atom. The summed E-state index contributed by atoms with van der Waals surface area (Å²) in [6.07, 6.45) is 3.76. The maximum absolute atomic E-state index is 12.4. The Morgan fingerprint density at radius 3 is 2.72 bits per heavy atom. The van der Waals surface area contributed by atoms with Crippen LogP contribution < -0.4 is 10.1 Å². The molecule has 32 heavy (non-hydrogen) atoms. The molecule has 1 aromatic carbocycles. The fourth-order valence-corrected chi connectivity index (χ4v) is 4.78. The van der Waals surface area contributed by atoms with E-state index in [1.165, 1.54) is 0 Å². The van der Waals surface area contributed by atoms with Gasteiger partial charge in [-0.25, -0.2) is 4.98 Å². The highest BCUT2D eigenvalue weighted by atomic mass is 16.5. The van der Waals surface area contributed by atoms with E-state index in [1.807, 2.05) is 31.2 Å². The number of carboxylic acid groups (broad SMARTS) is 1. The Labute approximate surface area is 187 Å². The van der Waals surface area contributed by atoms with Gasteiger partial charge in [-0.2, -0.15) is 0 Å². The summed E-state index contributed by atoms with van der Waals surface area (Å²) in [7, 11) is 3.30. The van der Waals surface area contributed by atoms with Crippen molar-refractivity contribution in [2.75, 3.05) is 14.2 Å². The van der Waals surface area contributed by atoms with Crippen LogP contribution in [0.3, 0.4) is 0 Å². The van der Waals surface area contributed by atoms with Crippen LogP contribution in [0.15, 0.2) is 28.7 Å². The van der Waals surface area contributed by atoms with Crippen molar-refractivity contribution >= 4 is 11.9 Å². The van der Waals surface area contributed by atoms with Gasteiger partial charge in [0.2, 0.25) is 11.8 Å². The van der Waals surface area contributed by atoms with Gasteiger partial charge in [-0.1, -0.05) is 12.5 Å². The minimum atomic E-state index is -0.889. The largest absolute Gasteiger partial charge is 0.497 e. The topological polar surface area (TPSA) is 111 Å². The number of carboxylic acids is 1. The molecule has 8 nitrogen and oxygen atoms in total. The SMILES string of the molecule is COc1cccc(-c2nc(C(OC)C3CCCC(NC(=O)C4CC4C(=O)O)C3)c(C)o2)c1. The van der Waals surface area contributed by atoms with Gasteiger partial charge in [-0.15, -0.1) is 0 Å². The lowest BCUT2D eigenvalue weighted by atomic mass is 9.81. The quantitative estimate of drug-likeness (QED) is 0.641. The summed E-state index contributed by atoms with van der Waals surface area (Å²) in [5.74, 6) is 0.179. The third kappa shape index (κ3) is 4.65. The zero-order chi connectivity index (χ0) is 22.8. The Kier molecular flexibility index (Phi) is 6.50. The lowest BCUT2D eigenvalue weighted by Gasteiger charge is -2.33. The molecule has 0 bridgehead atoms. The monoisotopic (exact) mass is 442 g/mol. The number of nitrogens with one attached hydrogen (secondary N) is 1. The first-order valence-electron chi connectivity index (χ1n) is 11.1. The molecule has 5 atom stereocenters. The molecule has 4 rings (SSSR count). The summed E-state index contributed by atoms with van der Waals surface area (Å²) >= 11 is 0. The van der Waals surface area contributed by atoms with Crippen molar-refractivity contribution in [1.82, 2.24) is 10.3 Å². The third-order valence-electron chi connectivity index (χ3n) is 6.61. The molecule has 2 aromatic rings. The van der Waals surface area contributed by atoms with Crippen LogP contribution in [0.1, 0.15) is 49.7 Å². The van der Waals surface area contributed by atoms with Gasteiger partial charge in [0.25, 0.3) is 0 Å². The Bertz CT molecular complexity index is 987. The van der Waals surface area contributed by atoms with Crippen LogP contribution in [-0.2, 0) is 14.3 Å². The molecule has 0 spiro atoms. The number of hydrogen-bond acceptors (Lipinski definition) is 6. The summed E-state index contributed by atoms with van der Waals surface area (Å²) in [5, 5.41) is 12.1. The van der Waals surface area contributed by atoms with E-state index in [0.29, 0.717) is 18.1 Å². The number of oxazole rings is 1. The molecular formula is C24H30N2O6. The number of amides is 1. The molecule has 2 fully saturated rings. The number of rotatable bonds is 8. The number of hydrogen-bond donors (Lipinski definition) is 2. The number of carbonyl (C=O) groups is 2. The zero-order valence-electron chi connectivity index (χ0n) is 18.7. The van der Waals surface area contributed by atoms with Crippen LogP contribution in [0.2, 0.25) is 0 Å². The van der Waals surface area contributed by atoms with Crippen LogP contribution in [-0.4, -0.2) is 42.2 Å². The van der Waals surface area contributed by atoms with Crippen molar-refractivity contribution in [1.29, 1.82) is 0 Å². The molecule has 1 aromatic heterocycles. The molecule has 1 amide bonds. The van der Waals surface area contributed by atoms with E-state index < -0.39 is 17.8 Å². The predicted octanol–water partition coefficient (Wildman–Crippen LogP) is 3.74. The minimum absolute atomic E-state index is 0.0130. The molecule has 0 saturated heterocycles. The number of nitrogens with zero attached hydrogens (tertiary/aromatic N) is 1. The smallest absolute Gasteiger partial charge is 0.307 e. The highest BCUT2D eigenvalue weighted by Gasteiger charge is 2.48. The summed E-state index contributed by atoms with van der Waals surface area (Å²) in [6, 6.07) is 7.58. The van der Waals surface area contributed by atoms with Gasteiger partial charge in [0, 0.05) is 18.7 Å². The first-order chi connectivity index (χ1) is 15.4. The summed E-state index contributed by atoms with van der Waals surface area (Å²) in [6.45, 7) is 1.89. The number of methoxy groups -OCH3 is 2. The summed E-state index contributed by atoms with van der Waals surface area (Å²) in [5.41, 5.74) is 1.61. The first-order valence-corrected chi connectivity index (χ1v) is 11.1. The van der Waals surface area contributed by atoms with Gasteiger partial charge in [0.1, 0.15) is 23.3 Å². The van der Waals surface area contributed by atoms with Gasteiger partial charge in [-0.3, -0.25) is 9.59 Å². The van der Waals surface area contributed by atoms with E-state index in [0.717, 1.165) is 42.7 Å². The second kappa shape index (κ2) is 9.32. The molecule has 0 radical (unpaired) electrons. The van der Waals surface area contributed by atoms with Crippen LogP contribution in [0, 0.1) is 24.7 Å². The summed E-state index contributed by atoms with van der Waals surface area (Å²) < 4.78 is 17.1. The molecule has 2 aliphatic rings. The van der Waals surface area contributed by atoms with E-state index in [1.54, 1.807) is 14.2 Å². The molecule has 8 heteroatoms. The van der Waals surface area contributed by atoms with Crippen molar-refractivity contribution in [3.63, 3.8) is 0 Å². The first kappa shape index (κ1) is 22.3. The number of benzene rings is 1. The Morgan fingerprint density at radius 2 is 2.03 bits per heavy atom. The fourth-order valence-electron chi connectivity index (χ4n) is 4.78. The maximum atomic E-state index is 12.4. The normalized spacial score (nSPS) is 25.7. The second-order valence-corrected chi connectivity index (χ2v) is 8.77. The van der Waals surface area contributed by atoms with Crippen molar-refractivity contribution in [3.05, 3.63) is 35.7 Å². The lowest BCUT2D eigenvalue weighted by Crippen LogP contribution is -2.41. The van der Waals surface area contributed by atoms with E-state index in [-0.39, 0.29) is 24.0 Å². The maximum Gasteiger partial charge on any atom is 0.307 e. The average Bonchev–Trinajstić information content (AvgIpc) is 3.52. The van der Waals surface area contributed by atoms with Gasteiger partial charge in [0.05, 0.1) is 18.9 Å². The van der Waals surface area contributed by atoms with Crippen molar-refractivity contribution in [2.24, 2.45) is 17.8 Å². The minimum Gasteiger partial charge on any atom is -0.497 e. The zero-order valence-corrected chi connectivity index (χ0v) is 18.7. The van der Waals surface area contributed by atoms with Crippen molar-refractivity contribution in [2.45, 2.75) is 51.2 Å². The van der Waals surface area contributed by atoms with Crippen LogP contribution in [0.4, 0.5) is 0 Å². The highest BCUT2D eigenvalue weighted by Crippen LogP contribution is 2.41. The molecular weight excluding hydrogens is 412 g/mol. The molecule has 2 saturated carbocycles. The molecule has 2 aliphatic carbocycles. The van der Waals surface area contributed by atoms with E-state index in [4.69, 9.17) is 24.0 Å². The van der Waals surface area contributed by atoms with E-state index in [9.17, 15) is 9.59 Å². The number of aromatic nitrogens is 1. The number of aliphatic carboxylic acids is 1. The number of ether oxygens (including phenoxy) is 2. The van der Waals surface area contributed by atoms with Gasteiger partial charge >= 0.3 is 5.97 Å². The van der Waals surface area contributed by atoms with Gasteiger partial charge in [0.15, 0.2) is 0 Å². The molecule has 1 heterocycles. The van der Waals surface area contributed by atoms with Crippen LogP contribution in [0.5, 0.6) is 5.75 Å². The van der Waals surface area contributed by atoms with Crippen LogP contribution in [0.25, 0.3) is 11.5 Å². The number of aryl methyl sites for hydroxylation is 1. The molecule has 0 aliphatic heterocycles. The number of carbonyl (C=O) groups excluding carboxylic acids is 1. The van der Waals surface area contributed by atoms with Crippen molar-refractivity contribution < 1.29 is 28.6 Å². The standard InChI is InChI=1S/C24H30N2O6/c1-13-20(26-23(32-13)15-7-5-9-17(11-15)30-2)21(31-3)14-6-4-8-16(10-14)25-22(27)18-12-19(18)24(28)29/h5,7,9,11,14,16,18-19,21H,4,6,8,10,12H2,1-3H3,(H,25,27)(H,28,29). The average molecular weight is 443 g/mol. The van der Waals surface area contributed by atoms with Crippen molar-refractivity contribution in [3.8, 4) is 17.2 Å². The van der Waals surface area contributed by atoms with E-state index >= 15 is 0 Å². The Balaban J connectivity index is 1.45. The molecule has 172 valence electrons. The summed E-state index contributed by atoms with van der Waals surface area (Å²) in [4.78, 5) is 28.2. The predicted molar refractivity (Wildman–Crippen MR) is 116 cm³/mol. The van der Waals surface area contributed by atoms with Gasteiger partial charge < -0.3 is 24.3 Å². The van der Waals surface area contributed by atoms with Gasteiger partial charge in [-0.05, 0) is 56.7 Å². The molecule has 2 N–H and O–H groups in total. The second-order valence-electron chi connectivity index (χ2n) is 8.77. The van der Waals surface area contributed by atoms with E-state index in [2.05, 4.69) is 5.32 Å². The van der Waals surface area contributed by atoms with Crippen LogP contribution >= 0.6 is 0 Å².